The summed E-state index contributed by atoms with van der Waals surface area (Å²) in [5, 5.41) is 78.3. The standard InChI is InChI=1S/C24H24O15/c25-7-14-18(32)20(34)21(35)24(37-14)39-16(31)6-15(30)38-23-19(33)17-12(29)4-9(26)5-13(17)36-22(23)8-1-2-10(27)11(28)3-8/h1-5,13-14,17-18,20-21,24-29,32,34-35H,6-7H2/t13-,14+,17-,18+,20-,21+,24-/m0/s1. The molecule has 0 amide bonds. The fourth-order valence-electron chi connectivity index (χ4n) is 4.11. The Morgan fingerprint density at radius 3 is 2.33 bits per heavy atom. The first kappa shape index (κ1) is 27.9. The van der Waals surface area contributed by atoms with Crippen LogP contribution >= 0.6 is 0 Å². The third-order valence-electron chi connectivity index (χ3n) is 6.08. The number of esters is 2. The van der Waals surface area contributed by atoms with Gasteiger partial charge in [-0.15, -0.1) is 0 Å². The first-order valence-electron chi connectivity index (χ1n) is 11.4. The molecule has 8 N–H and O–H groups in total. The molecule has 1 aromatic rings. The van der Waals surface area contributed by atoms with Gasteiger partial charge in [-0.05, 0) is 24.3 Å². The van der Waals surface area contributed by atoms with Gasteiger partial charge in [-0.1, -0.05) is 0 Å². The quantitative estimate of drug-likeness (QED) is 0.114. The number of hydrogen-bond acceptors (Lipinski definition) is 15. The van der Waals surface area contributed by atoms with Gasteiger partial charge in [0.05, 0.1) is 6.61 Å². The minimum atomic E-state index is -1.92. The number of allylic oxidation sites excluding steroid dienone is 2. The minimum Gasteiger partial charge on any atom is -0.511 e. The number of ether oxygens (including phenoxy) is 4. The second-order valence-electron chi connectivity index (χ2n) is 8.78. The monoisotopic (exact) mass is 552 g/mol. The lowest BCUT2D eigenvalue weighted by Crippen LogP contribution is -2.59. The van der Waals surface area contributed by atoms with Crippen molar-refractivity contribution >= 4 is 23.5 Å². The fraction of sp³-hybridized carbons (Fsp3) is 0.375. The topological polar surface area (TPSA) is 250 Å². The lowest BCUT2D eigenvalue weighted by molar-refractivity contribution is -0.292. The van der Waals surface area contributed by atoms with Crippen LogP contribution in [0.3, 0.4) is 0 Å². The molecule has 3 aliphatic rings. The normalized spacial score (nSPS) is 30.5. The maximum Gasteiger partial charge on any atom is 0.322 e. The maximum atomic E-state index is 13.2. The van der Waals surface area contributed by atoms with Crippen molar-refractivity contribution in [2.75, 3.05) is 6.61 Å². The Kier molecular flexibility index (Phi) is 7.80. The number of phenols is 2. The van der Waals surface area contributed by atoms with E-state index >= 15 is 0 Å². The van der Waals surface area contributed by atoms with Crippen molar-refractivity contribution in [3.63, 3.8) is 0 Å². The van der Waals surface area contributed by atoms with Gasteiger partial charge in [-0.2, -0.15) is 0 Å². The van der Waals surface area contributed by atoms with Gasteiger partial charge in [0.25, 0.3) is 0 Å². The molecule has 210 valence electrons. The number of carbonyl (C=O) groups excluding carboxylic acids is 3. The molecule has 1 saturated heterocycles. The highest BCUT2D eigenvalue weighted by molar-refractivity contribution is 6.06. The predicted octanol–water partition coefficient (Wildman–Crippen LogP) is -1.48. The molecule has 0 spiro atoms. The Balaban J connectivity index is 1.56. The van der Waals surface area contributed by atoms with Crippen molar-refractivity contribution in [3.05, 3.63) is 53.2 Å². The molecule has 1 aromatic carbocycles. The van der Waals surface area contributed by atoms with Crippen molar-refractivity contribution in [2.24, 2.45) is 5.92 Å². The van der Waals surface area contributed by atoms with Crippen LogP contribution in [0.15, 0.2) is 47.6 Å². The SMILES string of the molecule is O=C(CC(=O)O[C@@H]1O[C@H](CO)[C@@H](O)[C@H](O)[C@H]1O)OC1=C(c2ccc(O)c(O)c2)O[C@H]2C=C(O)C=C(O)[C@@H]2C1=O. The Labute approximate surface area is 218 Å². The van der Waals surface area contributed by atoms with Gasteiger partial charge in [0.15, 0.2) is 17.3 Å². The van der Waals surface area contributed by atoms with Gasteiger partial charge in [0, 0.05) is 11.6 Å². The van der Waals surface area contributed by atoms with E-state index in [1.165, 1.54) is 6.07 Å². The zero-order valence-corrected chi connectivity index (χ0v) is 19.8. The predicted molar refractivity (Wildman–Crippen MR) is 122 cm³/mol. The van der Waals surface area contributed by atoms with Crippen molar-refractivity contribution in [1.29, 1.82) is 0 Å². The molecule has 0 saturated carbocycles. The molecule has 0 bridgehead atoms. The third-order valence-corrected chi connectivity index (χ3v) is 6.08. The summed E-state index contributed by atoms with van der Waals surface area (Å²) in [5.74, 6) is -8.47. The van der Waals surface area contributed by atoms with Crippen LogP contribution in [0.1, 0.15) is 12.0 Å². The molecule has 1 fully saturated rings. The molecular formula is C24H24O15. The van der Waals surface area contributed by atoms with E-state index < -0.39 is 108 Å². The van der Waals surface area contributed by atoms with Gasteiger partial charge in [0.2, 0.25) is 17.8 Å². The summed E-state index contributed by atoms with van der Waals surface area (Å²) in [6, 6.07) is 3.25. The van der Waals surface area contributed by atoms with Crippen LogP contribution < -0.4 is 0 Å². The zero-order valence-electron chi connectivity index (χ0n) is 19.8. The molecule has 2 heterocycles. The van der Waals surface area contributed by atoms with E-state index in [0.717, 1.165) is 24.3 Å². The molecule has 15 heteroatoms. The first-order valence-corrected chi connectivity index (χ1v) is 11.4. The number of ketones is 1. The highest BCUT2D eigenvalue weighted by atomic mass is 16.7. The second kappa shape index (κ2) is 10.9. The summed E-state index contributed by atoms with van der Waals surface area (Å²) < 4.78 is 20.6. The molecule has 1 aliphatic carbocycles. The summed E-state index contributed by atoms with van der Waals surface area (Å²) in [5.41, 5.74) is -0.0503. The van der Waals surface area contributed by atoms with E-state index in [2.05, 4.69) is 0 Å². The molecule has 0 radical (unpaired) electrons. The lowest BCUT2D eigenvalue weighted by atomic mass is 9.86. The van der Waals surface area contributed by atoms with E-state index in [1.54, 1.807) is 0 Å². The van der Waals surface area contributed by atoms with Crippen molar-refractivity contribution < 1.29 is 74.2 Å². The van der Waals surface area contributed by atoms with Crippen molar-refractivity contribution in [1.82, 2.24) is 0 Å². The molecule has 2 aliphatic heterocycles. The number of carbonyl (C=O) groups is 3. The summed E-state index contributed by atoms with van der Waals surface area (Å²) in [4.78, 5) is 38.2. The number of hydrogen-bond donors (Lipinski definition) is 8. The van der Waals surface area contributed by atoms with Gasteiger partial charge >= 0.3 is 11.9 Å². The van der Waals surface area contributed by atoms with Crippen molar-refractivity contribution in [3.8, 4) is 11.5 Å². The number of aliphatic hydroxyl groups is 6. The molecule has 4 rings (SSSR count). The fourth-order valence-corrected chi connectivity index (χ4v) is 4.11. The smallest absolute Gasteiger partial charge is 0.322 e. The van der Waals surface area contributed by atoms with Crippen LogP contribution in [0.2, 0.25) is 0 Å². The molecular weight excluding hydrogens is 528 g/mol. The van der Waals surface area contributed by atoms with Crippen LogP contribution in [0.5, 0.6) is 11.5 Å². The molecule has 15 nitrogen and oxygen atoms in total. The van der Waals surface area contributed by atoms with E-state index in [-0.39, 0.29) is 5.56 Å². The second-order valence-corrected chi connectivity index (χ2v) is 8.78. The molecule has 0 unspecified atom stereocenters. The number of fused-ring (bicyclic) bond motifs is 1. The highest BCUT2D eigenvalue weighted by Crippen LogP contribution is 2.40. The molecule has 7 atom stereocenters. The average Bonchev–Trinajstić information content (AvgIpc) is 2.87. The van der Waals surface area contributed by atoms with E-state index in [4.69, 9.17) is 18.9 Å². The van der Waals surface area contributed by atoms with Crippen molar-refractivity contribution in [2.45, 2.75) is 43.2 Å². The molecule has 0 aromatic heterocycles. The number of aliphatic hydroxyl groups excluding tert-OH is 6. The van der Waals surface area contributed by atoms with Gasteiger partial charge in [-0.25, -0.2) is 0 Å². The first-order chi connectivity index (χ1) is 18.4. The van der Waals surface area contributed by atoms with Gasteiger partial charge in [-0.3, -0.25) is 14.4 Å². The van der Waals surface area contributed by atoms with Crippen LogP contribution in [0.25, 0.3) is 5.76 Å². The number of phenolic OH excluding ortho intramolecular Hbond substituents is 2. The van der Waals surface area contributed by atoms with Crippen LogP contribution in [-0.4, -0.2) is 102 Å². The van der Waals surface area contributed by atoms with Crippen LogP contribution in [0.4, 0.5) is 0 Å². The summed E-state index contributed by atoms with van der Waals surface area (Å²) in [6.07, 6.45) is -9.12. The Hall–Kier alpha value is -4.15. The number of aromatic hydroxyl groups is 2. The highest BCUT2D eigenvalue weighted by Gasteiger charge is 2.47. The number of rotatable bonds is 6. The number of benzene rings is 1. The number of Topliss-reactive ketones (excluding diaryl/α,β-unsaturated/α-hetero) is 1. The summed E-state index contributed by atoms with van der Waals surface area (Å²) >= 11 is 0. The van der Waals surface area contributed by atoms with Gasteiger partial charge in [0.1, 0.15) is 54.4 Å². The van der Waals surface area contributed by atoms with Crippen LogP contribution in [0, 0.1) is 5.92 Å². The zero-order chi connectivity index (χ0) is 28.6. The van der Waals surface area contributed by atoms with E-state index in [1.807, 2.05) is 0 Å². The average molecular weight is 552 g/mol. The summed E-state index contributed by atoms with van der Waals surface area (Å²) in [6.45, 7) is -0.788. The maximum absolute atomic E-state index is 13.2. The molecule has 39 heavy (non-hydrogen) atoms. The third kappa shape index (κ3) is 5.52. The van der Waals surface area contributed by atoms with Crippen LogP contribution in [-0.2, 0) is 33.3 Å². The van der Waals surface area contributed by atoms with E-state index in [0.29, 0.717) is 0 Å². The summed E-state index contributed by atoms with van der Waals surface area (Å²) in [7, 11) is 0. The Morgan fingerprint density at radius 2 is 1.67 bits per heavy atom. The van der Waals surface area contributed by atoms with E-state index in [9.17, 15) is 55.2 Å². The Bertz CT molecular complexity index is 1260. The lowest BCUT2D eigenvalue weighted by Gasteiger charge is -2.39. The largest absolute Gasteiger partial charge is 0.511 e. The Morgan fingerprint density at radius 1 is 0.949 bits per heavy atom. The van der Waals surface area contributed by atoms with Gasteiger partial charge < -0.3 is 59.8 Å². The minimum absolute atomic E-state index is 0.0503.